The van der Waals surface area contributed by atoms with Crippen molar-refractivity contribution in [2.24, 2.45) is 0 Å². The summed E-state index contributed by atoms with van der Waals surface area (Å²) in [5.74, 6) is -0.430. The quantitative estimate of drug-likeness (QED) is 0.899. The second kappa shape index (κ2) is 7.02. The average Bonchev–Trinajstić information content (AvgIpc) is 2.47. The van der Waals surface area contributed by atoms with Crippen LogP contribution in [-0.2, 0) is 14.8 Å². The van der Waals surface area contributed by atoms with Gasteiger partial charge in [-0.1, -0.05) is 29.8 Å². The van der Waals surface area contributed by atoms with Crippen LogP contribution in [-0.4, -0.2) is 27.1 Å². The van der Waals surface area contributed by atoms with Crippen LogP contribution < -0.4 is 9.62 Å². The molecule has 122 valence electrons. The molecule has 7 heteroatoms. The first-order chi connectivity index (χ1) is 10.8. The molecule has 1 amide bonds. The van der Waals surface area contributed by atoms with Gasteiger partial charge in [0.2, 0.25) is 15.9 Å². The maximum absolute atomic E-state index is 12.2. The number of carbonyl (C=O) groups is 1. The Balaban J connectivity index is 2.20. The molecule has 0 spiro atoms. The molecule has 0 aliphatic carbocycles. The van der Waals surface area contributed by atoms with E-state index in [4.69, 9.17) is 11.6 Å². The van der Waals surface area contributed by atoms with Crippen molar-refractivity contribution < 1.29 is 13.2 Å². The Hall–Kier alpha value is -2.05. The van der Waals surface area contributed by atoms with Crippen molar-refractivity contribution in [2.75, 3.05) is 22.4 Å². The summed E-state index contributed by atoms with van der Waals surface area (Å²) in [5, 5.41) is 3.21. The SMILES string of the molecule is Cc1ccccc1N(CC(=O)Nc1ccc(Cl)cc1)S(C)(=O)=O. The molecule has 0 radical (unpaired) electrons. The number of nitrogens with zero attached hydrogens (tertiary/aromatic N) is 1. The molecular weight excluding hydrogens is 336 g/mol. The van der Waals surface area contributed by atoms with Crippen molar-refractivity contribution in [3.05, 3.63) is 59.1 Å². The highest BCUT2D eigenvalue weighted by molar-refractivity contribution is 7.92. The summed E-state index contributed by atoms with van der Waals surface area (Å²) >= 11 is 5.79. The second-order valence-electron chi connectivity index (χ2n) is 5.11. The van der Waals surface area contributed by atoms with Crippen LogP contribution in [0.5, 0.6) is 0 Å². The first kappa shape index (κ1) is 17.3. The summed E-state index contributed by atoms with van der Waals surface area (Å²) in [6.45, 7) is 1.50. The van der Waals surface area contributed by atoms with E-state index < -0.39 is 15.9 Å². The van der Waals surface area contributed by atoms with Crippen LogP contribution in [0.4, 0.5) is 11.4 Å². The minimum Gasteiger partial charge on any atom is -0.325 e. The fourth-order valence-electron chi connectivity index (χ4n) is 2.09. The van der Waals surface area contributed by atoms with Crippen molar-refractivity contribution in [2.45, 2.75) is 6.92 Å². The van der Waals surface area contributed by atoms with Gasteiger partial charge in [-0.3, -0.25) is 9.10 Å². The first-order valence-electron chi connectivity index (χ1n) is 6.86. The van der Waals surface area contributed by atoms with Crippen molar-refractivity contribution in [1.82, 2.24) is 0 Å². The van der Waals surface area contributed by atoms with E-state index in [0.29, 0.717) is 16.4 Å². The molecule has 0 saturated carbocycles. The topological polar surface area (TPSA) is 66.5 Å². The normalized spacial score (nSPS) is 11.1. The van der Waals surface area contributed by atoms with E-state index >= 15 is 0 Å². The Morgan fingerprint density at radius 1 is 1.13 bits per heavy atom. The van der Waals surface area contributed by atoms with E-state index in [0.717, 1.165) is 16.1 Å². The van der Waals surface area contributed by atoms with Crippen LogP contribution in [0, 0.1) is 6.92 Å². The number of para-hydroxylation sites is 1. The molecule has 5 nitrogen and oxygen atoms in total. The highest BCUT2D eigenvalue weighted by Gasteiger charge is 2.22. The smallest absolute Gasteiger partial charge is 0.245 e. The zero-order valence-electron chi connectivity index (χ0n) is 12.8. The lowest BCUT2D eigenvalue weighted by atomic mass is 10.2. The molecule has 0 aliphatic rings. The fourth-order valence-corrected chi connectivity index (χ4v) is 3.13. The minimum absolute atomic E-state index is 0.299. The van der Waals surface area contributed by atoms with E-state index in [-0.39, 0.29) is 6.54 Å². The van der Waals surface area contributed by atoms with Gasteiger partial charge in [-0.15, -0.1) is 0 Å². The van der Waals surface area contributed by atoms with E-state index in [1.807, 2.05) is 6.07 Å². The zero-order chi connectivity index (χ0) is 17.0. The largest absolute Gasteiger partial charge is 0.325 e. The Morgan fingerprint density at radius 3 is 2.30 bits per heavy atom. The van der Waals surface area contributed by atoms with E-state index in [9.17, 15) is 13.2 Å². The molecule has 23 heavy (non-hydrogen) atoms. The molecule has 2 aromatic rings. The third-order valence-electron chi connectivity index (χ3n) is 3.20. The third-order valence-corrected chi connectivity index (χ3v) is 4.58. The van der Waals surface area contributed by atoms with Crippen molar-refractivity contribution >= 4 is 38.9 Å². The molecule has 2 rings (SSSR count). The van der Waals surface area contributed by atoms with Gasteiger partial charge in [0.1, 0.15) is 6.54 Å². The number of benzene rings is 2. The summed E-state index contributed by atoms with van der Waals surface area (Å²) in [7, 11) is -3.58. The number of anilines is 2. The molecule has 0 heterocycles. The number of rotatable bonds is 5. The Morgan fingerprint density at radius 2 is 1.74 bits per heavy atom. The zero-order valence-corrected chi connectivity index (χ0v) is 14.4. The van der Waals surface area contributed by atoms with E-state index in [2.05, 4.69) is 5.32 Å². The van der Waals surface area contributed by atoms with Gasteiger partial charge >= 0.3 is 0 Å². The molecular formula is C16H17ClN2O3S. The van der Waals surface area contributed by atoms with Gasteiger partial charge < -0.3 is 5.32 Å². The maximum Gasteiger partial charge on any atom is 0.245 e. The van der Waals surface area contributed by atoms with Crippen LogP contribution in [0.25, 0.3) is 0 Å². The number of amides is 1. The van der Waals surface area contributed by atoms with Gasteiger partial charge in [-0.2, -0.15) is 0 Å². The molecule has 0 bridgehead atoms. The number of sulfonamides is 1. The fraction of sp³-hybridized carbons (Fsp3) is 0.188. The van der Waals surface area contributed by atoms with Crippen molar-refractivity contribution in [1.29, 1.82) is 0 Å². The monoisotopic (exact) mass is 352 g/mol. The summed E-state index contributed by atoms with van der Waals surface area (Å²) < 4.78 is 25.2. The number of hydrogen-bond donors (Lipinski definition) is 1. The summed E-state index contributed by atoms with van der Waals surface area (Å²) in [4.78, 5) is 12.2. The van der Waals surface area contributed by atoms with Crippen LogP contribution >= 0.6 is 11.6 Å². The molecule has 0 saturated heterocycles. The van der Waals surface area contributed by atoms with E-state index in [1.165, 1.54) is 0 Å². The number of aryl methyl sites for hydroxylation is 1. The van der Waals surface area contributed by atoms with Crippen LogP contribution in [0.15, 0.2) is 48.5 Å². The van der Waals surface area contributed by atoms with Gasteiger partial charge in [-0.05, 0) is 42.8 Å². The van der Waals surface area contributed by atoms with Crippen molar-refractivity contribution in [3.63, 3.8) is 0 Å². The molecule has 0 aliphatic heterocycles. The summed E-state index contributed by atoms with van der Waals surface area (Å²) in [5.41, 5.74) is 1.82. The van der Waals surface area contributed by atoms with Crippen molar-refractivity contribution in [3.8, 4) is 0 Å². The van der Waals surface area contributed by atoms with Crippen LogP contribution in [0.1, 0.15) is 5.56 Å². The third kappa shape index (κ3) is 4.71. The van der Waals surface area contributed by atoms with Gasteiger partial charge in [-0.25, -0.2) is 8.42 Å². The minimum atomic E-state index is -3.58. The van der Waals surface area contributed by atoms with Gasteiger partial charge in [0.25, 0.3) is 0 Å². The lowest BCUT2D eigenvalue weighted by Crippen LogP contribution is -2.37. The Kier molecular flexibility index (Phi) is 5.28. The highest BCUT2D eigenvalue weighted by Crippen LogP contribution is 2.22. The number of nitrogens with one attached hydrogen (secondary N) is 1. The predicted octanol–water partition coefficient (Wildman–Crippen LogP) is 3.05. The van der Waals surface area contributed by atoms with Gasteiger partial charge in [0.05, 0.1) is 11.9 Å². The van der Waals surface area contributed by atoms with Crippen LogP contribution in [0.3, 0.4) is 0 Å². The second-order valence-corrected chi connectivity index (χ2v) is 7.45. The van der Waals surface area contributed by atoms with Gasteiger partial charge in [0, 0.05) is 10.7 Å². The van der Waals surface area contributed by atoms with E-state index in [1.54, 1.807) is 49.4 Å². The lowest BCUT2D eigenvalue weighted by Gasteiger charge is -2.23. The molecule has 0 aromatic heterocycles. The molecule has 2 aromatic carbocycles. The molecule has 0 atom stereocenters. The average molecular weight is 353 g/mol. The highest BCUT2D eigenvalue weighted by atomic mass is 35.5. The number of hydrogen-bond acceptors (Lipinski definition) is 3. The molecule has 0 unspecified atom stereocenters. The predicted molar refractivity (Wildman–Crippen MR) is 93.5 cm³/mol. The summed E-state index contributed by atoms with van der Waals surface area (Å²) in [6.07, 6.45) is 1.08. The standard InChI is InChI=1S/C16H17ClN2O3S/c1-12-5-3-4-6-15(12)19(23(2,21)22)11-16(20)18-14-9-7-13(17)8-10-14/h3-10H,11H2,1-2H3,(H,18,20). The number of halogens is 1. The maximum atomic E-state index is 12.2. The Labute approximate surface area is 140 Å². The first-order valence-corrected chi connectivity index (χ1v) is 9.09. The summed E-state index contributed by atoms with van der Waals surface area (Å²) in [6, 6.07) is 13.6. The molecule has 1 N–H and O–H groups in total. The van der Waals surface area contributed by atoms with Gasteiger partial charge in [0.15, 0.2) is 0 Å². The van der Waals surface area contributed by atoms with Crippen LogP contribution in [0.2, 0.25) is 5.02 Å². The Bertz CT molecular complexity index is 804. The lowest BCUT2D eigenvalue weighted by molar-refractivity contribution is -0.114. The number of carbonyl (C=O) groups excluding carboxylic acids is 1. The molecule has 0 fully saturated rings.